The fourth-order valence-electron chi connectivity index (χ4n) is 3.27. The van der Waals surface area contributed by atoms with Gasteiger partial charge in [-0.15, -0.1) is 12.4 Å². The van der Waals surface area contributed by atoms with E-state index in [4.69, 9.17) is 5.73 Å². The van der Waals surface area contributed by atoms with Crippen LogP contribution in [0.2, 0.25) is 0 Å². The first-order valence-electron chi connectivity index (χ1n) is 8.25. The third-order valence-corrected chi connectivity index (χ3v) is 4.51. The molecule has 0 spiro atoms. The predicted molar refractivity (Wildman–Crippen MR) is 98.3 cm³/mol. The number of nitrogens with one attached hydrogen (secondary N) is 1. The summed E-state index contributed by atoms with van der Waals surface area (Å²) in [5.41, 5.74) is 8.11. The van der Waals surface area contributed by atoms with Crippen LogP contribution in [0.5, 0.6) is 0 Å². The summed E-state index contributed by atoms with van der Waals surface area (Å²) in [4.78, 5) is 12.3. The molecule has 5 nitrogen and oxygen atoms in total. The summed E-state index contributed by atoms with van der Waals surface area (Å²) in [6, 6.07) is 12.2. The Bertz CT molecular complexity index is 671. The molecule has 1 aromatic carbocycles. The molecular formula is C18H25ClN4O. The number of nitrogens with two attached hydrogens (primary N) is 1. The maximum Gasteiger partial charge on any atom is 0.225 e. The van der Waals surface area contributed by atoms with E-state index >= 15 is 0 Å². The summed E-state index contributed by atoms with van der Waals surface area (Å²) in [5, 5.41) is 7.49. The van der Waals surface area contributed by atoms with Crippen molar-refractivity contribution in [2.24, 2.45) is 11.7 Å². The summed E-state index contributed by atoms with van der Waals surface area (Å²) in [7, 11) is 0. The smallest absolute Gasteiger partial charge is 0.225 e. The van der Waals surface area contributed by atoms with Crippen LogP contribution in [-0.2, 0) is 11.3 Å². The normalized spacial score (nSPS) is 19.8. The van der Waals surface area contributed by atoms with Crippen molar-refractivity contribution < 1.29 is 4.79 Å². The number of nitrogens with zero attached hydrogens (tertiary/aromatic N) is 2. The number of hydrogen-bond acceptors (Lipinski definition) is 3. The lowest BCUT2D eigenvalue weighted by Gasteiger charge is -2.15. The molecule has 1 aliphatic rings. The average Bonchev–Trinajstić information content (AvgIpc) is 3.06. The molecule has 1 amide bonds. The topological polar surface area (TPSA) is 72.9 Å². The SMILES string of the molecule is Cc1cc(NC(=O)C[C@@H]2CCC[C@H]2N)n(Cc2ccccc2)n1.Cl. The van der Waals surface area contributed by atoms with Crippen molar-refractivity contribution in [2.75, 3.05) is 5.32 Å². The number of hydrogen-bond donors (Lipinski definition) is 2. The second-order valence-electron chi connectivity index (χ2n) is 6.42. The average molecular weight is 349 g/mol. The fourth-order valence-corrected chi connectivity index (χ4v) is 3.27. The minimum Gasteiger partial charge on any atom is -0.327 e. The van der Waals surface area contributed by atoms with Gasteiger partial charge in [0.25, 0.3) is 0 Å². The first-order chi connectivity index (χ1) is 11.1. The Balaban J connectivity index is 0.00000208. The molecular weight excluding hydrogens is 324 g/mol. The molecule has 130 valence electrons. The Labute approximate surface area is 149 Å². The van der Waals surface area contributed by atoms with Crippen LogP contribution in [0.4, 0.5) is 5.82 Å². The van der Waals surface area contributed by atoms with E-state index in [0.29, 0.717) is 18.9 Å². The summed E-state index contributed by atoms with van der Waals surface area (Å²) in [5.74, 6) is 1.09. The van der Waals surface area contributed by atoms with Crippen LogP contribution in [-0.4, -0.2) is 21.7 Å². The van der Waals surface area contributed by atoms with E-state index in [9.17, 15) is 4.79 Å². The van der Waals surface area contributed by atoms with E-state index in [-0.39, 0.29) is 24.4 Å². The van der Waals surface area contributed by atoms with E-state index < -0.39 is 0 Å². The highest BCUT2D eigenvalue weighted by molar-refractivity contribution is 5.90. The highest BCUT2D eigenvalue weighted by Gasteiger charge is 2.26. The van der Waals surface area contributed by atoms with Gasteiger partial charge in [0.2, 0.25) is 5.91 Å². The van der Waals surface area contributed by atoms with E-state index in [1.165, 1.54) is 0 Å². The van der Waals surface area contributed by atoms with Crippen LogP contribution < -0.4 is 11.1 Å². The minimum absolute atomic E-state index is 0. The number of aryl methyl sites for hydroxylation is 1. The van der Waals surface area contributed by atoms with Crippen LogP contribution in [0.15, 0.2) is 36.4 Å². The first-order valence-corrected chi connectivity index (χ1v) is 8.25. The van der Waals surface area contributed by atoms with Crippen molar-refractivity contribution in [3.05, 3.63) is 47.7 Å². The molecule has 0 aliphatic heterocycles. The molecule has 1 heterocycles. The van der Waals surface area contributed by atoms with Crippen molar-refractivity contribution in [3.8, 4) is 0 Å². The number of amides is 1. The maximum atomic E-state index is 12.3. The summed E-state index contributed by atoms with van der Waals surface area (Å²) in [6.45, 7) is 2.58. The Hall–Kier alpha value is -1.85. The van der Waals surface area contributed by atoms with Gasteiger partial charge in [0.15, 0.2) is 0 Å². The van der Waals surface area contributed by atoms with Crippen LogP contribution in [0.1, 0.15) is 36.9 Å². The van der Waals surface area contributed by atoms with Crippen molar-refractivity contribution >= 4 is 24.1 Å². The molecule has 1 aromatic heterocycles. The third kappa shape index (κ3) is 4.58. The summed E-state index contributed by atoms with van der Waals surface area (Å²) >= 11 is 0. The number of rotatable bonds is 5. The van der Waals surface area contributed by atoms with Crippen molar-refractivity contribution in [2.45, 2.75) is 45.2 Å². The molecule has 0 bridgehead atoms. The zero-order valence-corrected chi connectivity index (χ0v) is 14.8. The number of anilines is 1. The lowest BCUT2D eigenvalue weighted by molar-refractivity contribution is -0.117. The van der Waals surface area contributed by atoms with Gasteiger partial charge in [-0.2, -0.15) is 5.10 Å². The number of aromatic nitrogens is 2. The second kappa shape index (κ2) is 8.31. The Kier molecular flexibility index (Phi) is 6.40. The van der Waals surface area contributed by atoms with Crippen LogP contribution >= 0.6 is 12.4 Å². The third-order valence-electron chi connectivity index (χ3n) is 4.51. The second-order valence-corrected chi connectivity index (χ2v) is 6.42. The lowest BCUT2D eigenvalue weighted by Crippen LogP contribution is -2.28. The Morgan fingerprint density at radius 3 is 2.75 bits per heavy atom. The molecule has 1 aliphatic carbocycles. The van der Waals surface area contributed by atoms with Gasteiger partial charge in [0.1, 0.15) is 5.82 Å². The molecule has 2 aromatic rings. The fraction of sp³-hybridized carbons (Fsp3) is 0.444. The zero-order valence-electron chi connectivity index (χ0n) is 13.9. The highest BCUT2D eigenvalue weighted by Crippen LogP contribution is 2.27. The molecule has 0 radical (unpaired) electrons. The Morgan fingerprint density at radius 2 is 2.08 bits per heavy atom. The molecule has 0 unspecified atom stereocenters. The molecule has 3 N–H and O–H groups in total. The van der Waals surface area contributed by atoms with E-state index in [2.05, 4.69) is 22.5 Å². The molecule has 3 rings (SSSR count). The molecule has 2 atom stereocenters. The lowest BCUT2D eigenvalue weighted by atomic mass is 10.00. The summed E-state index contributed by atoms with van der Waals surface area (Å²) in [6.07, 6.45) is 3.71. The molecule has 0 saturated heterocycles. The van der Waals surface area contributed by atoms with Crippen LogP contribution in [0.25, 0.3) is 0 Å². The van der Waals surface area contributed by atoms with Gasteiger partial charge in [-0.25, -0.2) is 4.68 Å². The number of carbonyl (C=O) groups excluding carboxylic acids is 1. The van der Waals surface area contributed by atoms with Crippen LogP contribution in [0, 0.1) is 12.8 Å². The zero-order chi connectivity index (χ0) is 16.2. The number of benzene rings is 1. The van der Waals surface area contributed by atoms with E-state index in [1.54, 1.807) is 0 Å². The van der Waals surface area contributed by atoms with Crippen molar-refractivity contribution in [1.29, 1.82) is 0 Å². The van der Waals surface area contributed by atoms with Gasteiger partial charge < -0.3 is 11.1 Å². The minimum atomic E-state index is 0. The molecule has 1 saturated carbocycles. The predicted octanol–water partition coefficient (Wildman–Crippen LogP) is 3.12. The van der Waals surface area contributed by atoms with E-state index in [1.807, 2.05) is 35.9 Å². The first kappa shape index (κ1) is 18.5. The van der Waals surface area contributed by atoms with Gasteiger partial charge >= 0.3 is 0 Å². The van der Waals surface area contributed by atoms with Crippen LogP contribution in [0.3, 0.4) is 0 Å². The van der Waals surface area contributed by atoms with Crippen molar-refractivity contribution in [3.63, 3.8) is 0 Å². The highest BCUT2D eigenvalue weighted by atomic mass is 35.5. The molecule has 6 heteroatoms. The number of carbonyl (C=O) groups is 1. The van der Waals surface area contributed by atoms with Gasteiger partial charge in [0, 0.05) is 18.5 Å². The van der Waals surface area contributed by atoms with E-state index in [0.717, 1.165) is 36.3 Å². The monoisotopic (exact) mass is 348 g/mol. The Morgan fingerprint density at radius 1 is 1.33 bits per heavy atom. The van der Waals surface area contributed by atoms with Gasteiger partial charge in [0.05, 0.1) is 12.2 Å². The standard InChI is InChI=1S/C18H24N4O.ClH/c1-13-10-17(20-18(23)11-15-8-5-9-16(15)19)22(21-13)12-14-6-3-2-4-7-14;/h2-4,6-7,10,15-16H,5,8-9,11-12,19H2,1H3,(H,20,23);1H/t15-,16+;/m0./s1. The molecule has 24 heavy (non-hydrogen) atoms. The quantitative estimate of drug-likeness (QED) is 0.871. The summed E-state index contributed by atoms with van der Waals surface area (Å²) < 4.78 is 1.84. The van der Waals surface area contributed by atoms with Crippen molar-refractivity contribution in [1.82, 2.24) is 9.78 Å². The molecule has 1 fully saturated rings. The van der Waals surface area contributed by atoms with Gasteiger partial charge in [-0.1, -0.05) is 36.8 Å². The number of halogens is 1. The maximum absolute atomic E-state index is 12.3. The largest absolute Gasteiger partial charge is 0.327 e. The van der Waals surface area contributed by atoms with Gasteiger partial charge in [-0.05, 0) is 31.2 Å². The van der Waals surface area contributed by atoms with Gasteiger partial charge in [-0.3, -0.25) is 4.79 Å².